The van der Waals surface area contributed by atoms with Crippen LogP contribution in [0.5, 0.6) is 0 Å². The topological polar surface area (TPSA) is 101 Å². The lowest BCUT2D eigenvalue weighted by molar-refractivity contribution is -0.192. The van der Waals surface area contributed by atoms with Crippen LogP contribution >= 0.6 is 0 Å². The van der Waals surface area contributed by atoms with Gasteiger partial charge in [-0.05, 0) is 5.92 Å². The van der Waals surface area contributed by atoms with Gasteiger partial charge in [-0.1, -0.05) is 6.92 Å². The summed E-state index contributed by atoms with van der Waals surface area (Å²) in [5, 5.41) is 11.9. The molecule has 0 saturated carbocycles. The normalized spacial score (nSPS) is 18.3. The number of hydrogen-bond acceptors (Lipinski definition) is 3. The fraction of sp³-hybridized carbons (Fsp3) is 0.833. The number of alkyl halides is 3. The first-order valence-corrected chi connectivity index (χ1v) is 5.53. The van der Waals surface area contributed by atoms with Crippen LogP contribution in [0.1, 0.15) is 6.92 Å². The van der Waals surface area contributed by atoms with Gasteiger partial charge in [-0.15, -0.1) is 0 Å². The molecule has 0 aliphatic carbocycles. The molecule has 1 aliphatic rings. The minimum absolute atomic E-state index is 0.475. The summed E-state index contributed by atoms with van der Waals surface area (Å²) in [4.78, 5) is 8.90. The highest BCUT2D eigenvalue weighted by atomic mass is 32.2. The Morgan fingerprint density at radius 3 is 1.81 bits per heavy atom. The lowest BCUT2D eigenvalue weighted by atomic mass is 10.1. The minimum atomic E-state index is -5.08. The molecule has 3 N–H and O–H groups in total. The first-order chi connectivity index (χ1) is 6.94. The summed E-state index contributed by atoms with van der Waals surface area (Å²) in [6, 6.07) is 0. The van der Waals surface area contributed by atoms with Crippen molar-refractivity contribution in [2.45, 2.75) is 13.1 Å². The monoisotopic (exact) mass is 264 g/mol. The average molecular weight is 264 g/mol. The van der Waals surface area contributed by atoms with E-state index in [1.54, 1.807) is 0 Å². The molecule has 0 amide bonds. The SMILES string of the molecule is CC1CN(S(N)(=O)=O)C1.O=C(O)C(F)(F)F. The maximum Gasteiger partial charge on any atom is 0.490 e. The van der Waals surface area contributed by atoms with Crippen molar-refractivity contribution in [1.82, 2.24) is 4.31 Å². The van der Waals surface area contributed by atoms with Crippen LogP contribution in [0.25, 0.3) is 0 Å². The predicted molar refractivity (Wildman–Crippen MR) is 47.5 cm³/mol. The molecule has 0 bridgehead atoms. The molecule has 0 aromatic heterocycles. The van der Waals surface area contributed by atoms with Gasteiger partial charge in [0, 0.05) is 13.1 Å². The summed E-state index contributed by atoms with van der Waals surface area (Å²) >= 11 is 0. The summed E-state index contributed by atoms with van der Waals surface area (Å²) in [5.41, 5.74) is 0. The molecule has 0 aromatic rings. The molecule has 1 saturated heterocycles. The zero-order valence-electron chi connectivity index (χ0n) is 8.23. The molecule has 96 valence electrons. The van der Waals surface area contributed by atoms with E-state index in [-0.39, 0.29) is 0 Å². The van der Waals surface area contributed by atoms with Crippen molar-refractivity contribution in [2.24, 2.45) is 11.1 Å². The van der Waals surface area contributed by atoms with Crippen molar-refractivity contribution in [1.29, 1.82) is 0 Å². The molecular weight excluding hydrogens is 253 g/mol. The van der Waals surface area contributed by atoms with E-state index in [0.717, 1.165) is 0 Å². The van der Waals surface area contributed by atoms with Crippen LogP contribution < -0.4 is 5.14 Å². The second-order valence-electron chi connectivity index (χ2n) is 3.27. The first-order valence-electron chi connectivity index (χ1n) is 4.02. The van der Waals surface area contributed by atoms with E-state index in [1.807, 2.05) is 6.92 Å². The molecule has 10 heteroatoms. The fourth-order valence-corrected chi connectivity index (χ4v) is 1.77. The Balaban J connectivity index is 0.000000293. The molecule has 1 heterocycles. The minimum Gasteiger partial charge on any atom is -0.475 e. The van der Waals surface area contributed by atoms with E-state index in [9.17, 15) is 21.6 Å². The number of nitrogens with zero attached hydrogens (tertiary/aromatic N) is 1. The van der Waals surface area contributed by atoms with Gasteiger partial charge < -0.3 is 5.11 Å². The molecule has 0 aromatic carbocycles. The number of carbonyl (C=O) groups is 1. The van der Waals surface area contributed by atoms with E-state index in [4.69, 9.17) is 15.0 Å². The highest BCUT2D eigenvalue weighted by Gasteiger charge is 2.38. The van der Waals surface area contributed by atoms with Crippen LogP contribution in [0.3, 0.4) is 0 Å². The van der Waals surface area contributed by atoms with Gasteiger partial charge in [0.05, 0.1) is 0 Å². The molecule has 0 unspecified atom stereocenters. The smallest absolute Gasteiger partial charge is 0.475 e. The average Bonchev–Trinajstić information content (AvgIpc) is 1.96. The highest BCUT2D eigenvalue weighted by molar-refractivity contribution is 7.86. The quantitative estimate of drug-likeness (QED) is 0.683. The molecular formula is C6H11F3N2O4S. The van der Waals surface area contributed by atoms with Gasteiger partial charge in [-0.2, -0.15) is 25.9 Å². The Morgan fingerprint density at radius 2 is 1.75 bits per heavy atom. The zero-order chi connectivity index (χ0) is 13.1. The number of nitrogens with two attached hydrogens (primary N) is 1. The Labute approximate surface area is 90.0 Å². The van der Waals surface area contributed by atoms with E-state index < -0.39 is 22.4 Å². The maximum atomic E-state index is 10.6. The molecule has 1 aliphatic heterocycles. The third-order valence-corrected chi connectivity index (χ3v) is 2.65. The molecule has 0 atom stereocenters. The second kappa shape index (κ2) is 4.97. The molecule has 1 fully saturated rings. The zero-order valence-corrected chi connectivity index (χ0v) is 9.05. The molecule has 0 radical (unpaired) electrons. The lowest BCUT2D eigenvalue weighted by Crippen LogP contribution is -2.51. The summed E-state index contributed by atoms with van der Waals surface area (Å²) < 4.78 is 53.9. The Bertz CT molecular complexity index is 347. The van der Waals surface area contributed by atoms with Gasteiger partial charge in [0.15, 0.2) is 0 Å². The fourth-order valence-electron chi connectivity index (χ4n) is 0.850. The third kappa shape index (κ3) is 5.28. The van der Waals surface area contributed by atoms with Crippen LogP contribution in [0.4, 0.5) is 13.2 Å². The van der Waals surface area contributed by atoms with E-state index in [1.165, 1.54) is 4.31 Å². The number of aliphatic carboxylic acids is 1. The highest BCUT2D eigenvalue weighted by Crippen LogP contribution is 2.15. The van der Waals surface area contributed by atoms with Crippen molar-refractivity contribution < 1.29 is 31.5 Å². The van der Waals surface area contributed by atoms with Crippen molar-refractivity contribution in [3.63, 3.8) is 0 Å². The predicted octanol–water partition coefficient (Wildman–Crippen LogP) is -0.225. The van der Waals surface area contributed by atoms with Gasteiger partial charge >= 0.3 is 12.1 Å². The molecule has 16 heavy (non-hydrogen) atoms. The van der Waals surface area contributed by atoms with E-state index >= 15 is 0 Å². The van der Waals surface area contributed by atoms with Gasteiger partial charge in [-0.25, -0.2) is 9.93 Å². The van der Waals surface area contributed by atoms with Crippen LogP contribution in [0, 0.1) is 5.92 Å². The van der Waals surface area contributed by atoms with Gasteiger partial charge in [-0.3, -0.25) is 0 Å². The number of rotatable bonds is 1. The summed E-state index contributed by atoms with van der Waals surface area (Å²) in [7, 11) is -3.37. The largest absolute Gasteiger partial charge is 0.490 e. The number of carboxylic acid groups (broad SMARTS) is 1. The molecule has 1 rings (SSSR count). The maximum absolute atomic E-state index is 10.6. The van der Waals surface area contributed by atoms with Gasteiger partial charge in [0.2, 0.25) is 0 Å². The standard InChI is InChI=1S/C4H10N2O2S.C2HF3O2/c1-4-2-6(3-4)9(5,7)8;3-2(4,5)1(6)7/h4H,2-3H2,1H3,(H2,5,7,8);(H,6,7). The number of hydrogen-bond donors (Lipinski definition) is 2. The van der Waals surface area contributed by atoms with Crippen LogP contribution in [-0.2, 0) is 15.0 Å². The van der Waals surface area contributed by atoms with E-state index in [0.29, 0.717) is 19.0 Å². The van der Waals surface area contributed by atoms with Crippen molar-refractivity contribution in [3.8, 4) is 0 Å². The first kappa shape index (κ1) is 15.1. The third-order valence-electron chi connectivity index (χ3n) is 1.63. The van der Waals surface area contributed by atoms with Crippen molar-refractivity contribution in [3.05, 3.63) is 0 Å². The Hall–Kier alpha value is -0.870. The second-order valence-corrected chi connectivity index (χ2v) is 4.82. The Kier molecular flexibility index (Phi) is 4.70. The number of carboxylic acids is 1. The lowest BCUT2D eigenvalue weighted by Gasteiger charge is -2.33. The number of halogens is 3. The molecule has 6 nitrogen and oxygen atoms in total. The summed E-state index contributed by atoms with van der Waals surface area (Å²) in [6.45, 7) is 3.15. The van der Waals surface area contributed by atoms with Crippen molar-refractivity contribution in [2.75, 3.05) is 13.1 Å². The van der Waals surface area contributed by atoms with E-state index in [2.05, 4.69) is 0 Å². The van der Waals surface area contributed by atoms with Crippen LogP contribution in [-0.4, -0.2) is 43.1 Å². The molecule has 0 spiro atoms. The van der Waals surface area contributed by atoms with Crippen molar-refractivity contribution >= 4 is 16.2 Å². The summed E-state index contributed by atoms with van der Waals surface area (Å²) in [5.74, 6) is -2.28. The Morgan fingerprint density at radius 1 is 1.44 bits per heavy atom. The van der Waals surface area contributed by atoms with Crippen LogP contribution in [0.15, 0.2) is 0 Å². The van der Waals surface area contributed by atoms with Gasteiger partial charge in [0.25, 0.3) is 10.2 Å². The van der Waals surface area contributed by atoms with Crippen LogP contribution in [0.2, 0.25) is 0 Å². The van der Waals surface area contributed by atoms with Gasteiger partial charge in [0.1, 0.15) is 0 Å². The summed E-state index contributed by atoms with van der Waals surface area (Å²) in [6.07, 6.45) is -5.08.